The highest BCUT2D eigenvalue weighted by Gasteiger charge is 2.29. The van der Waals surface area contributed by atoms with Gasteiger partial charge in [0.15, 0.2) is 6.20 Å². The number of aromatic nitrogens is 1. The van der Waals surface area contributed by atoms with E-state index in [2.05, 4.69) is 0 Å². The lowest BCUT2D eigenvalue weighted by Crippen LogP contribution is -2.45. The van der Waals surface area contributed by atoms with Crippen LogP contribution in [0.15, 0.2) is 29.4 Å². The van der Waals surface area contributed by atoms with Gasteiger partial charge in [0.2, 0.25) is 5.91 Å². The molecule has 0 radical (unpaired) electrons. The number of carbonyl (C=O) groups is 2. The molecule has 2 rings (SSSR count). The second-order valence-electron chi connectivity index (χ2n) is 4.38. The largest absolute Gasteiger partial charge is 0.618 e. The second-order valence-corrected chi connectivity index (χ2v) is 6.68. The van der Waals surface area contributed by atoms with Crippen LogP contribution in [0.25, 0.3) is 0 Å². The summed E-state index contributed by atoms with van der Waals surface area (Å²) >= 11 is 2.71. The molecular weight excluding hydrogens is 312 g/mol. The van der Waals surface area contributed by atoms with Gasteiger partial charge in [-0.05, 0) is 17.8 Å². The van der Waals surface area contributed by atoms with Crippen molar-refractivity contribution in [2.24, 2.45) is 0 Å². The predicted molar refractivity (Wildman–Crippen MR) is 81.0 cm³/mol. The molecule has 8 heteroatoms. The minimum absolute atomic E-state index is 0.0712. The molecular formula is C13H16N2O4S2. The first-order valence-electron chi connectivity index (χ1n) is 6.40. The van der Waals surface area contributed by atoms with Crippen molar-refractivity contribution in [1.29, 1.82) is 0 Å². The molecule has 0 saturated carbocycles. The summed E-state index contributed by atoms with van der Waals surface area (Å²) in [4.78, 5) is 25.4. The SMILES string of the molecule is COC(=O)[C@@H]1CN(C(=O)CSc2cccc[n+]2[O-])CCS1. The quantitative estimate of drug-likeness (QED) is 0.347. The Morgan fingerprint density at radius 3 is 3.10 bits per heavy atom. The maximum atomic E-state index is 12.2. The molecule has 0 aromatic carbocycles. The number of carbonyl (C=O) groups excluding carboxylic acids is 2. The van der Waals surface area contributed by atoms with Gasteiger partial charge in [-0.1, -0.05) is 0 Å². The zero-order chi connectivity index (χ0) is 15.2. The summed E-state index contributed by atoms with van der Waals surface area (Å²) in [5, 5.41) is 11.7. The Morgan fingerprint density at radius 2 is 2.38 bits per heavy atom. The van der Waals surface area contributed by atoms with Crippen LogP contribution in [-0.2, 0) is 14.3 Å². The number of amides is 1. The van der Waals surface area contributed by atoms with E-state index in [0.29, 0.717) is 23.9 Å². The van der Waals surface area contributed by atoms with Gasteiger partial charge in [-0.2, -0.15) is 4.73 Å². The van der Waals surface area contributed by atoms with E-state index in [1.807, 2.05) is 0 Å². The van der Waals surface area contributed by atoms with Gasteiger partial charge in [0, 0.05) is 31.0 Å². The molecule has 1 aliphatic rings. The third-order valence-corrected chi connectivity index (χ3v) is 5.18. The second kappa shape index (κ2) is 7.56. The Bertz CT molecular complexity index is 527. The van der Waals surface area contributed by atoms with Crippen molar-refractivity contribution < 1.29 is 19.1 Å². The molecule has 21 heavy (non-hydrogen) atoms. The van der Waals surface area contributed by atoms with Crippen LogP contribution in [0.4, 0.5) is 0 Å². The molecule has 1 amide bonds. The first-order valence-corrected chi connectivity index (χ1v) is 8.43. The lowest BCUT2D eigenvalue weighted by atomic mass is 10.3. The number of esters is 1. The van der Waals surface area contributed by atoms with Crippen molar-refractivity contribution in [3.8, 4) is 0 Å². The number of methoxy groups -OCH3 is 1. The van der Waals surface area contributed by atoms with Gasteiger partial charge in [-0.15, -0.1) is 11.8 Å². The van der Waals surface area contributed by atoms with Gasteiger partial charge in [-0.3, -0.25) is 9.59 Å². The molecule has 2 heterocycles. The Kier molecular flexibility index (Phi) is 5.75. The Morgan fingerprint density at radius 1 is 1.57 bits per heavy atom. The first kappa shape index (κ1) is 16.0. The highest BCUT2D eigenvalue weighted by molar-refractivity contribution is 8.00. The van der Waals surface area contributed by atoms with Gasteiger partial charge in [0.05, 0.1) is 12.9 Å². The average Bonchev–Trinajstić information content (AvgIpc) is 2.53. The van der Waals surface area contributed by atoms with Crippen molar-refractivity contribution in [2.75, 3.05) is 31.7 Å². The fraction of sp³-hybridized carbons (Fsp3) is 0.462. The van der Waals surface area contributed by atoms with E-state index in [4.69, 9.17) is 4.74 Å². The van der Waals surface area contributed by atoms with E-state index in [-0.39, 0.29) is 22.9 Å². The maximum Gasteiger partial charge on any atom is 0.320 e. The third-order valence-electron chi connectivity index (χ3n) is 3.02. The van der Waals surface area contributed by atoms with E-state index in [9.17, 15) is 14.8 Å². The summed E-state index contributed by atoms with van der Waals surface area (Å²) in [6.07, 6.45) is 1.40. The van der Waals surface area contributed by atoms with Crippen molar-refractivity contribution in [1.82, 2.24) is 4.90 Å². The zero-order valence-electron chi connectivity index (χ0n) is 11.6. The lowest BCUT2D eigenvalue weighted by molar-refractivity contribution is -0.645. The molecule has 0 unspecified atom stereocenters. The molecule has 1 aliphatic heterocycles. The summed E-state index contributed by atoms with van der Waals surface area (Å²) in [5.74, 6) is 0.525. The number of rotatable bonds is 4. The number of hydrogen-bond acceptors (Lipinski definition) is 6. The predicted octanol–water partition coefficient (Wildman–Crippen LogP) is 0.529. The van der Waals surface area contributed by atoms with Crippen LogP contribution in [0.1, 0.15) is 0 Å². The molecule has 0 bridgehead atoms. The zero-order valence-corrected chi connectivity index (χ0v) is 13.2. The molecule has 0 spiro atoms. The van der Waals surface area contributed by atoms with Crippen molar-refractivity contribution in [3.63, 3.8) is 0 Å². The van der Waals surface area contributed by atoms with Crippen molar-refractivity contribution >= 4 is 35.4 Å². The topological polar surface area (TPSA) is 73.5 Å². The van der Waals surface area contributed by atoms with Crippen LogP contribution in [0.3, 0.4) is 0 Å². The van der Waals surface area contributed by atoms with Gasteiger partial charge in [-0.25, -0.2) is 0 Å². The minimum Gasteiger partial charge on any atom is -0.618 e. The number of hydrogen-bond donors (Lipinski definition) is 0. The van der Waals surface area contributed by atoms with Crippen molar-refractivity contribution in [2.45, 2.75) is 10.3 Å². The first-order chi connectivity index (χ1) is 10.1. The molecule has 0 aliphatic carbocycles. The standard InChI is InChI=1S/C13H16N2O4S2/c1-19-13(17)10-8-14(6-7-20-10)11(16)9-21-12-4-2-3-5-15(12)18/h2-5,10H,6-9H2,1H3/t10-/m0/s1. The van der Waals surface area contributed by atoms with Crippen LogP contribution in [0.2, 0.25) is 0 Å². The van der Waals surface area contributed by atoms with Crippen LogP contribution < -0.4 is 4.73 Å². The van der Waals surface area contributed by atoms with Gasteiger partial charge in [0.1, 0.15) is 5.25 Å². The summed E-state index contributed by atoms with van der Waals surface area (Å²) in [6.45, 7) is 0.979. The monoisotopic (exact) mass is 328 g/mol. The lowest BCUT2D eigenvalue weighted by Gasteiger charge is -2.30. The van der Waals surface area contributed by atoms with E-state index < -0.39 is 0 Å². The number of thioether (sulfide) groups is 2. The third kappa shape index (κ3) is 4.28. The Labute approximate surface area is 131 Å². The molecule has 6 nitrogen and oxygen atoms in total. The highest BCUT2D eigenvalue weighted by atomic mass is 32.2. The molecule has 1 saturated heterocycles. The number of ether oxygens (including phenoxy) is 1. The summed E-state index contributed by atoms with van der Waals surface area (Å²) in [6, 6.07) is 5.07. The Hall–Kier alpha value is -1.41. The smallest absolute Gasteiger partial charge is 0.320 e. The normalized spacial score (nSPS) is 18.3. The summed E-state index contributed by atoms with van der Waals surface area (Å²) in [7, 11) is 1.35. The van der Waals surface area contributed by atoms with Crippen LogP contribution >= 0.6 is 23.5 Å². The van der Waals surface area contributed by atoms with E-state index in [0.717, 1.165) is 4.73 Å². The van der Waals surface area contributed by atoms with Crippen molar-refractivity contribution in [3.05, 3.63) is 29.6 Å². The maximum absolute atomic E-state index is 12.2. The van der Waals surface area contributed by atoms with E-state index in [1.165, 1.54) is 36.8 Å². The minimum atomic E-state index is -0.320. The molecule has 1 aromatic heterocycles. The number of nitrogens with zero attached hydrogens (tertiary/aromatic N) is 2. The van der Waals surface area contributed by atoms with Gasteiger partial charge in [0.25, 0.3) is 5.03 Å². The molecule has 1 atom stereocenters. The average molecular weight is 328 g/mol. The summed E-state index contributed by atoms with van der Waals surface area (Å²) in [5.41, 5.74) is 0. The van der Waals surface area contributed by atoms with E-state index >= 15 is 0 Å². The highest BCUT2D eigenvalue weighted by Crippen LogP contribution is 2.21. The molecule has 1 fully saturated rings. The van der Waals surface area contributed by atoms with Crippen LogP contribution in [-0.4, -0.2) is 53.7 Å². The van der Waals surface area contributed by atoms with Gasteiger partial charge >= 0.3 is 5.97 Å². The molecule has 1 aromatic rings. The number of pyridine rings is 1. The fourth-order valence-electron chi connectivity index (χ4n) is 1.90. The molecule has 0 N–H and O–H groups in total. The fourth-order valence-corrected chi connectivity index (χ4v) is 3.85. The molecule has 114 valence electrons. The summed E-state index contributed by atoms with van der Waals surface area (Å²) < 4.78 is 5.45. The van der Waals surface area contributed by atoms with E-state index in [1.54, 1.807) is 23.1 Å². The van der Waals surface area contributed by atoms with Gasteiger partial charge < -0.3 is 14.8 Å². The van der Waals surface area contributed by atoms with Crippen LogP contribution in [0, 0.1) is 5.21 Å². The van der Waals surface area contributed by atoms with Crippen LogP contribution in [0.5, 0.6) is 0 Å². The Balaban J connectivity index is 1.88.